The molecule has 0 atom stereocenters. The Balaban J connectivity index is 1.26. The molecule has 0 bridgehead atoms. The summed E-state index contributed by atoms with van der Waals surface area (Å²) < 4.78 is 0. The molecule has 0 saturated carbocycles. The van der Waals surface area contributed by atoms with Crippen molar-refractivity contribution >= 4 is 0 Å². The molecule has 0 spiro atoms. The van der Waals surface area contributed by atoms with E-state index in [0.29, 0.717) is 23.3 Å². The highest BCUT2D eigenvalue weighted by molar-refractivity contribution is 5.82. The minimum absolute atomic E-state index is 0.00122. The van der Waals surface area contributed by atoms with Gasteiger partial charge in [-0.3, -0.25) is 4.98 Å². The summed E-state index contributed by atoms with van der Waals surface area (Å²) in [7, 11) is 0. The molecule has 0 unspecified atom stereocenters. The third-order valence-corrected chi connectivity index (χ3v) is 10.0. The number of hydrogen-bond donors (Lipinski definition) is 0. The number of nitrogens with zero attached hydrogens (tertiary/aromatic N) is 6. The SMILES string of the molecule is CC(C)(C)c1cc(-c2cccc(-c3nc(-c4cccc(-c5ncc(-c6cccnc6)cn5)c4)nc(-c4ccccc4-c4ccccc4)n3)c2)cc(C(C)(C)C)c1. The Labute approximate surface area is 329 Å². The zero-order valence-electron chi connectivity index (χ0n) is 32.7. The molecule has 6 heteroatoms. The Hall–Kier alpha value is -6.66. The van der Waals surface area contributed by atoms with Crippen molar-refractivity contribution in [2.75, 3.05) is 0 Å². The minimum Gasteiger partial charge on any atom is -0.264 e. The van der Waals surface area contributed by atoms with Gasteiger partial charge >= 0.3 is 0 Å². The van der Waals surface area contributed by atoms with Crippen LogP contribution in [0.4, 0.5) is 0 Å². The summed E-state index contributed by atoms with van der Waals surface area (Å²) in [6.07, 6.45) is 7.24. The Kier molecular flexibility index (Phi) is 9.65. The van der Waals surface area contributed by atoms with Gasteiger partial charge in [-0.05, 0) is 62.4 Å². The zero-order chi connectivity index (χ0) is 38.9. The van der Waals surface area contributed by atoms with E-state index in [-0.39, 0.29) is 10.8 Å². The van der Waals surface area contributed by atoms with Gasteiger partial charge in [0.2, 0.25) is 0 Å². The number of pyridine rings is 1. The molecule has 8 aromatic rings. The van der Waals surface area contributed by atoms with E-state index in [1.807, 2.05) is 67.1 Å². The minimum atomic E-state index is -0.00122. The second-order valence-corrected chi connectivity index (χ2v) is 16.2. The molecule has 8 rings (SSSR count). The highest BCUT2D eigenvalue weighted by Gasteiger charge is 2.22. The fourth-order valence-corrected chi connectivity index (χ4v) is 6.76. The van der Waals surface area contributed by atoms with Gasteiger partial charge in [-0.1, -0.05) is 157 Å². The molecule has 0 fully saturated rings. The maximum Gasteiger partial charge on any atom is 0.164 e. The number of aromatic nitrogens is 6. The van der Waals surface area contributed by atoms with E-state index in [0.717, 1.165) is 50.1 Å². The molecule has 0 N–H and O–H groups in total. The van der Waals surface area contributed by atoms with Gasteiger partial charge in [-0.15, -0.1) is 0 Å². The van der Waals surface area contributed by atoms with Crippen LogP contribution in [0.15, 0.2) is 158 Å². The zero-order valence-corrected chi connectivity index (χ0v) is 32.7. The maximum absolute atomic E-state index is 5.20. The summed E-state index contributed by atoms with van der Waals surface area (Å²) in [5, 5.41) is 0. The quantitative estimate of drug-likeness (QED) is 0.163. The van der Waals surface area contributed by atoms with Crippen molar-refractivity contribution in [3.05, 3.63) is 169 Å². The van der Waals surface area contributed by atoms with Crippen molar-refractivity contribution in [2.45, 2.75) is 52.4 Å². The van der Waals surface area contributed by atoms with Crippen LogP contribution in [0.2, 0.25) is 0 Å². The first-order chi connectivity index (χ1) is 27.0. The third kappa shape index (κ3) is 7.78. The summed E-state index contributed by atoms with van der Waals surface area (Å²) in [6, 6.07) is 46.2. The molecule has 0 aliphatic heterocycles. The number of rotatable bonds is 7. The van der Waals surface area contributed by atoms with Gasteiger partial charge in [0.05, 0.1) is 0 Å². The first-order valence-corrected chi connectivity index (χ1v) is 19.0. The molecule has 0 amide bonds. The predicted molar refractivity (Wildman–Crippen MR) is 229 cm³/mol. The van der Waals surface area contributed by atoms with Gasteiger partial charge in [-0.25, -0.2) is 24.9 Å². The molecule has 3 heterocycles. The summed E-state index contributed by atoms with van der Waals surface area (Å²) in [5.41, 5.74) is 12.5. The Bertz CT molecular complexity index is 2610. The van der Waals surface area contributed by atoms with Gasteiger partial charge in [0.25, 0.3) is 0 Å². The molecule has 0 aliphatic rings. The van der Waals surface area contributed by atoms with Crippen LogP contribution in [0.25, 0.3) is 78.9 Å². The van der Waals surface area contributed by atoms with Crippen LogP contribution in [-0.2, 0) is 10.8 Å². The van der Waals surface area contributed by atoms with E-state index in [9.17, 15) is 0 Å². The van der Waals surface area contributed by atoms with Gasteiger partial charge in [0, 0.05) is 58.2 Å². The molecule has 5 aromatic carbocycles. The Morgan fingerprint density at radius 1 is 0.339 bits per heavy atom. The standard InChI is InChI=1S/C50H44N6/c1-49(2,3)41-27-39(28-42(29-41)50(4,5)6)34-17-12-19-36(25-34)46-54-47(56-48(55-46)44-23-11-10-22-43(44)33-15-8-7-9-16-33)37-20-13-18-35(26-37)45-52-31-40(32-53-45)38-21-14-24-51-30-38/h7-32H,1-6H3. The largest absolute Gasteiger partial charge is 0.264 e. The summed E-state index contributed by atoms with van der Waals surface area (Å²) in [6.45, 7) is 13.6. The molecule has 0 aliphatic carbocycles. The molecule has 3 aromatic heterocycles. The number of benzene rings is 5. The van der Waals surface area contributed by atoms with Crippen LogP contribution in [-0.4, -0.2) is 29.9 Å². The van der Waals surface area contributed by atoms with Crippen LogP contribution in [0, 0.1) is 0 Å². The molecular formula is C50H44N6. The smallest absolute Gasteiger partial charge is 0.164 e. The van der Waals surface area contributed by atoms with E-state index in [1.54, 1.807) is 6.20 Å². The van der Waals surface area contributed by atoms with Crippen molar-refractivity contribution in [3.63, 3.8) is 0 Å². The lowest BCUT2D eigenvalue weighted by Crippen LogP contribution is -2.16. The summed E-state index contributed by atoms with van der Waals surface area (Å²) >= 11 is 0. The molecular weight excluding hydrogens is 685 g/mol. The molecule has 0 saturated heterocycles. The van der Waals surface area contributed by atoms with Crippen LogP contribution < -0.4 is 0 Å². The van der Waals surface area contributed by atoms with E-state index in [4.69, 9.17) is 24.9 Å². The van der Waals surface area contributed by atoms with Crippen molar-refractivity contribution in [1.82, 2.24) is 29.9 Å². The van der Waals surface area contributed by atoms with Crippen LogP contribution in [0.5, 0.6) is 0 Å². The van der Waals surface area contributed by atoms with Gasteiger partial charge in [0.15, 0.2) is 23.3 Å². The van der Waals surface area contributed by atoms with Crippen LogP contribution in [0.3, 0.4) is 0 Å². The lowest BCUT2D eigenvalue weighted by atomic mass is 9.79. The normalized spacial score (nSPS) is 11.8. The molecule has 6 nitrogen and oxygen atoms in total. The average Bonchev–Trinajstić information content (AvgIpc) is 3.23. The fraction of sp³-hybridized carbons (Fsp3) is 0.160. The lowest BCUT2D eigenvalue weighted by molar-refractivity contribution is 0.569. The average molecular weight is 729 g/mol. The number of hydrogen-bond acceptors (Lipinski definition) is 6. The maximum atomic E-state index is 5.20. The summed E-state index contributed by atoms with van der Waals surface area (Å²) in [5.74, 6) is 2.38. The van der Waals surface area contributed by atoms with Crippen LogP contribution in [0.1, 0.15) is 52.7 Å². The Morgan fingerprint density at radius 2 is 0.839 bits per heavy atom. The van der Waals surface area contributed by atoms with E-state index in [1.165, 1.54) is 16.7 Å². The Morgan fingerprint density at radius 3 is 1.43 bits per heavy atom. The van der Waals surface area contributed by atoms with Crippen molar-refractivity contribution in [1.29, 1.82) is 0 Å². The fourth-order valence-electron chi connectivity index (χ4n) is 6.76. The second kappa shape index (κ2) is 14.9. The highest BCUT2D eigenvalue weighted by Crippen LogP contribution is 2.37. The molecule has 274 valence electrons. The lowest BCUT2D eigenvalue weighted by Gasteiger charge is -2.26. The van der Waals surface area contributed by atoms with Crippen LogP contribution >= 0.6 is 0 Å². The highest BCUT2D eigenvalue weighted by atomic mass is 15.0. The van der Waals surface area contributed by atoms with Gasteiger partial charge in [-0.2, -0.15) is 0 Å². The van der Waals surface area contributed by atoms with Crippen molar-refractivity contribution in [3.8, 4) is 78.9 Å². The van der Waals surface area contributed by atoms with E-state index < -0.39 is 0 Å². The monoisotopic (exact) mass is 728 g/mol. The summed E-state index contributed by atoms with van der Waals surface area (Å²) in [4.78, 5) is 29.2. The van der Waals surface area contributed by atoms with Crippen molar-refractivity contribution in [2.24, 2.45) is 0 Å². The molecule has 56 heavy (non-hydrogen) atoms. The first-order valence-electron chi connectivity index (χ1n) is 19.0. The van der Waals surface area contributed by atoms with Gasteiger partial charge < -0.3 is 0 Å². The third-order valence-electron chi connectivity index (χ3n) is 10.0. The predicted octanol–water partition coefficient (Wildman–Crippen LogP) is 12.3. The first kappa shape index (κ1) is 36.3. The topological polar surface area (TPSA) is 77.3 Å². The second-order valence-electron chi connectivity index (χ2n) is 16.2. The van der Waals surface area contributed by atoms with Crippen molar-refractivity contribution < 1.29 is 0 Å². The van der Waals surface area contributed by atoms with E-state index in [2.05, 4.69) is 131 Å². The van der Waals surface area contributed by atoms with Gasteiger partial charge in [0.1, 0.15) is 0 Å². The molecule has 0 radical (unpaired) electrons. The van der Waals surface area contributed by atoms with E-state index >= 15 is 0 Å².